The van der Waals surface area contributed by atoms with Crippen molar-refractivity contribution in [3.05, 3.63) is 17.5 Å². The second kappa shape index (κ2) is 7.73. The Morgan fingerprint density at radius 1 is 1.28 bits per heavy atom. The Morgan fingerprint density at radius 3 is 2.64 bits per heavy atom. The molecule has 0 saturated carbocycles. The van der Waals surface area contributed by atoms with Crippen LogP contribution in [0.4, 0.5) is 0 Å². The minimum atomic E-state index is -3.23. The van der Waals surface area contributed by atoms with Gasteiger partial charge in [0, 0.05) is 25.4 Å². The third-order valence-corrected chi connectivity index (χ3v) is 6.18. The van der Waals surface area contributed by atoms with Gasteiger partial charge in [-0.05, 0) is 45.0 Å². The molecular formula is C17H30N4O3S. The standard InChI is InChI=1S/C17H30N4O3S/c1-3-6-19-7-4-14(5-8-19)20-9-10-21-15(12-20)11-16(18-21)17(22)13-25(2,23)24/h11,14,17,22H,3-10,12-13H2,1-2H3/t17-/m1/s1. The molecule has 1 aromatic heterocycles. The molecule has 2 aliphatic rings. The van der Waals surface area contributed by atoms with Gasteiger partial charge in [-0.25, -0.2) is 8.42 Å². The molecule has 1 fully saturated rings. The number of aromatic nitrogens is 2. The van der Waals surface area contributed by atoms with Crippen LogP contribution in [0.25, 0.3) is 0 Å². The lowest BCUT2D eigenvalue weighted by Crippen LogP contribution is -2.47. The maximum absolute atomic E-state index is 11.4. The number of hydrogen-bond donors (Lipinski definition) is 1. The number of nitrogens with zero attached hydrogens (tertiary/aromatic N) is 4. The molecule has 1 saturated heterocycles. The van der Waals surface area contributed by atoms with E-state index in [4.69, 9.17) is 0 Å². The first kappa shape index (κ1) is 18.8. The van der Waals surface area contributed by atoms with Gasteiger partial charge in [0.1, 0.15) is 15.9 Å². The van der Waals surface area contributed by atoms with E-state index in [2.05, 4.69) is 21.8 Å². The van der Waals surface area contributed by atoms with Gasteiger partial charge < -0.3 is 10.0 Å². The topological polar surface area (TPSA) is 78.7 Å². The first-order chi connectivity index (χ1) is 11.9. The van der Waals surface area contributed by atoms with Crippen LogP contribution in [0, 0.1) is 0 Å². The second-order valence-electron chi connectivity index (χ2n) is 7.44. The third-order valence-electron chi connectivity index (χ3n) is 5.26. The molecule has 0 bridgehead atoms. The van der Waals surface area contributed by atoms with Crippen molar-refractivity contribution < 1.29 is 13.5 Å². The fourth-order valence-corrected chi connectivity index (χ4v) is 4.72. The van der Waals surface area contributed by atoms with Crippen LogP contribution in [-0.4, -0.2) is 77.3 Å². The van der Waals surface area contributed by atoms with Crippen LogP contribution in [-0.2, 0) is 22.9 Å². The van der Waals surface area contributed by atoms with Crippen molar-refractivity contribution in [3.63, 3.8) is 0 Å². The molecule has 2 aliphatic heterocycles. The summed E-state index contributed by atoms with van der Waals surface area (Å²) in [6.07, 6.45) is 3.72. The summed E-state index contributed by atoms with van der Waals surface area (Å²) in [5, 5.41) is 14.5. The Morgan fingerprint density at radius 2 is 2.00 bits per heavy atom. The zero-order valence-corrected chi connectivity index (χ0v) is 16.1. The van der Waals surface area contributed by atoms with Crippen molar-refractivity contribution in [2.45, 2.75) is 51.4 Å². The minimum Gasteiger partial charge on any atom is -0.386 e. The quantitative estimate of drug-likeness (QED) is 0.792. The van der Waals surface area contributed by atoms with Crippen LogP contribution < -0.4 is 0 Å². The summed E-state index contributed by atoms with van der Waals surface area (Å²) < 4.78 is 24.7. The lowest BCUT2D eigenvalue weighted by molar-refractivity contribution is 0.0848. The fourth-order valence-electron chi connectivity index (χ4n) is 3.98. The molecule has 0 aliphatic carbocycles. The highest BCUT2D eigenvalue weighted by Crippen LogP contribution is 2.24. The first-order valence-electron chi connectivity index (χ1n) is 9.24. The Bertz CT molecular complexity index is 680. The van der Waals surface area contributed by atoms with E-state index in [1.165, 1.54) is 38.9 Å². The molecule has 0 aromatic carbocycles. The predicted molar refractivity (Wildman–Crippen MR) is 97.1 cm³/mol. The molecule has 1 aromatic rings. The van der Waals surface area contributed by atoms with Crippen molar-refractivity contribution in [1.82, 2.24) is 19.6 Å². The van der Waals surface area contributed by atoms with Crippen LogP contribution in [0.15, 0.2) is 6.07 Å². The average Bonchev–Trinajstić information content (AvgIpc) is 2.97. The molecule has 142 valence electrons. The number of hydrogen-bond acceptors (Lipinski definition) is 6. The Hall–Kier alpha value is -0.960. The number of likely N-dealkylation sites (tertiary alicyclic amines) is 1. The molecule has 0 radical (unpaired) electrons. The van der Waals surface area contributed by atoms with Crippen molar-refractivity contribution in [2.24, 2.45) is 0 Å². The molecular weight excluding hydrogens is 340 g/mol. The Balaban J connectivity index is 1.60. The molecule has 3 heterocycles. The van der Waals surface area contributed by atoms with Gasteiger partial charge in [-0.15, -0.1) is 0 Å². The zero-order chi connectivity index (χ0) is 18.0. The zero-order valence-electron chi connectivity index (χ0n) is 15.3. The number of aliphatic hydroxyl groups is 1. The summed E-state index contributed by atoms with van der Waals surface area (Å²) in [5.41, 5.74) is 1.55. The van der Waals surface area contributed by atoms with Crippen LogP contribution >= 0.6 is 0 Å². The normalized spacial score (nSPS) is 22.0. The van der Waals surface area contributed by atoms with E-state index in [0.29, 0.717) is 11.7 Å². The molecule has 0 spiro atoms. The third kappa shape index (κ3) is 4.81. The lowest BCUT2D eigenvalue weighted by atomic mass is 10.0. The summed E-state index contributed by atoms with van der Waals surface area (Å²) in [6.45, 7) is 8.37. The van der Waals surface area contributed by atoms with Gasteiger partial charge in [0.15, 0.2) is 0 Å². The maximum Gasteiger partial charge on any atom is 0.150 e. The van der Waals surface area contributed by atoms with E-state index < -0.39 is 15.9 Å². The number of piperidine rings is 1. The predicted octanol–water partition coefficient (Wildman–Crippen LogP) is 0.651. The highest BCUT2D eigenvalue weighted by molar-refractivity contribution is 7.90. The largest absolute Gasteiger partial charge is 0.386 e. The lowest BCUT2D eigenvalue weighted by Gasteiger charge is -2.40. The fraction of sp³-hybridized carbons (Fsp3) is 0.824. The van der Waals surface area contributed by atoms with Crippen molar-refractivity contribution in [3.8, 4) is 0 Å². The van der Waals surface area contributed by atoms with E-state index in [-0.39, 0.29) is 5.75 Å². The van der Waals surface area contributed by atoms with Gasteiger partial charge in [-0.2, -0.15) is 5.10 Å². The van der Waals surface area contributed by atoms with Crippen LogP contribution in [0.1, 0.15) is 43.7 Å². The first-order valence-corrected chi connectivity index (χ1v) is 11.3. The summed E-state index contributed by atoms with van der Waals surface area (Å²) in [4.78, 5) is 5.07. The van der Waals surface area contributed by atoms with Gasteiger partial charge in [-0.1, -0.05) is 6.92 Å². The SMILES string of the molecule is CCCN1CCC(N2CCn3nc([C@H](O)CS(C)(=O)=O)cc3C2)CC1. The molecule has 3 rings (SSSR count). The molecule has 1 N–H and O–H groups in total. The highest BCUT2D eigenvalue weighted by Gasteiger charge is 2.29. The van der Waals surface area contributed by atoms with E-state index in [9.17, 15) is 13.5 Å². The summed E-state index contributed by atoms with van der Waals surface area (Å²) in [7, 11) is -3.23. The molecule has 25 heavy (non-hydrogen) atoms. The molecule has 1 atom stereocenters. The van der Waals surface area contributed by atoms with Crippen LogP contribution in [0.2, 0.25) is 0 Å². The van der Waals surface area contributed by atoms with Gasteiger partial charge in [-0.3, -0.25) is 9.58 Å². The molecule has 0 amide bonds. The smallest absolute Gasteiger partial charge is 0.150 e. The molecule has 7 nitrogen and oxygen atoms in total. The van der Waals surface area contributed by atoms with Gasteiger partial charge in [0.25, 0.3) is 0 Å². The van der Waals surface area contributed by atoms with Crippen molar-refractivity contribution in [1.29, 1.82) is 0 Å². The van der Waals surface area contributed by atoms with E-state index in [1.807, 2.05) is 10.7 Å². The number of sulfone groups is 1. The Labute approximate surface area is 150 Å². The Kier molecular flexibility index (Phi) is 5.82. The van der Waals surface area contributed by atoms with Crippen LogP contribution in [0.3, 0.4) is 0 Å². The summed E-state index contributed by atoms with van der Waals surface area (Å²) in [5.74, 6) is -0.275. The number of fused-ring (bicyclic) bond motifs is 1. The molecule has 0 unspecified atom stereocenters. The summed E-state index contributed by atoms with van der Waals surface area (Å²) >= 11 is 0. The molecule has 8 heteroatoms. The monoisotopic (exact) mass is 370 g/mol. The highest BCUT2D eigenvalue weighted by atomic mass is 32.2. The summed E-state index contributed by atoms with van der Waals surface area (Å²) in [6, 6.07) is 2.48. The second-order valence-corrected chi connectivity index (χ2v) is 9.62. The van der Waals surface area contributed by atoms with E-state index >= 15 is 0 Å². The van der Waals surface area contributed by atoms with Gasteiger partial charge >= 0.3 is 0 Å². The van der Waals surface area contributed by atoms with E-state index in [1.54, 1.807) is 0 Å². The van der Waals surface area contributed by atoms with Crippen LogP contribution in [0.5, 0.6) is 0 Å². The number of aliphatic hydroxyl groups excluding tert-OH is 1. The average molecular weight is 371 g/mol. The van der Waals surface area contributed by atoms with E-state index in [0.717, 1.165) is 31.6 Å². The van der Waals surface area contributed by atoms with Gasteiger partial charge in [0.2, 0.25) is 0 Å². The number of rotatable bonds is 6. The minimum absolute atomic E-state index is 0.275. The van der Waals surface area contributed by atoms with Crippen molar-refractivity contribution in [2.75, 3.05) is 38.2 Å². The van der Waals surface area contributed by atoms with Gasteiger partial charge in [0.05, 0.1) is 23.7 Å². The maximum atomic E-state index is 11.4. The van der Waals surface area contributed by atoms with Crippen molar-refractivity contribution >= 4 is 9.84 Å².